The first-order valence-electron chi connectivity index (χ1n) is 8.63. The molecule has 0 aliphatic heterocycles. The summed E-state index contributed by atoms with van der Waals surface area (Å²) in [5.41, 5.74) is 9.04. The molecule has 0 saturated heterocycles. The second-order valence-corrected chi connectivity index (χ2v) is 6.23. The summed E-state index contributed by atoms with van der Waals surface area (Å²) in [4.78, 5) is 12.8. The van der Waals surface area contributed by atoms with Crippen LogP contribution in [-0.4, -0.2) is 23.9 Å². The Balaban J connectivity index is 1.87. The van der Waals surface area contributed by atoms with E-state index in [-0.39, 0.29) is 5.11 Å². The summed E-state index contributed by atoms with van der Waals surface area (Å²) in [6.07, 6.45) is 1.54. The number of fused-ring (bicyclic) bond motifs is 1. The fourth-order valence-electron chi connectivity index (χ4n) is 2.69. The number of ether oxygens (including phenoxy) is 2. The monoisotopic (exact) mass is 393 g/mol. The average molecular weight is 393 g/mol. The third-order valence-corrected chi connectivity index (χ3v) is 3.96. The molecule has 0 atom stereocenters. The van der Waals surface area contributed by atoms with Gasteiger partial charge in [0.15, 0.2) is 16.6 Å². The van der Waals surface area contributed by atoms with Crippen LogP contribution in [0.1, 0.15) is 22.8 Å². The summed E-state index contributed by atoms with van der Waals surface area (Å²) < 4.78 is 11.2. The van der Waals surface area contributed by atoms with Crippen molar-refractivity contribution < 1.29 is 14.3 Å². The van der Waals surface area contributed by atoms with Crippen molar-refractivity contribution in [2.75, 3.05) is 6.61 Å². The van der Waals surface area contributed by atoms with Crippen LogP contribution in [0, 0.1) is 0 Å². The second-order valence-electron chi connectivity index (χ2n) is 5.79. The molecule has 0 unspecified atom stereocenters. The molecule has 6 nitrogen and oxygen atoms in total. The maximum Gasteiger partial charge on any atom is 0.344 e. The Morgan fingerprint density at radius 1 is 1.14 bits per heavy atom. The average Bonchev–Trinajstić information content (AvgIpc) is 2.69. The van der Waals surface area contributed by atoms with Gasteiger partial charge in [0.2, 0.25) is 0 Å². The van der Waals surface area contributed by atoms with Crippen LogP contribution in [0.2, 0.25) is 0 Å². The van der Waals surface area contributed by atoms with Crippen LogP contribution in [0.15, 0.2) is 65.8 Å². The number of hydrogen-bond acceptors (Lipinski definition) is 5. The van der Waals surface area contributed by atoms with Crippen LogP contribution >= 0.6 is 12.2 Å². The van der Waals surface area contributed by atoms with Crippen LogP contribution in [0.4, 0.5) is 0 Å². The number of benzene rings is 3. The van der Waals surface area contributed by atoms with Gasteiger partial charge < -0.3 is 15.2 Å². The molecule has 28 heavy (non-hydrogen) atoms. The molecule has 0 bridgehead atoms. The molecule has 0 aromatic heterocycles. The van der Waals surface area contributed by atoms with Crippen LogP contribution in [0.3, 0.4) is 0 Å². The zero-order valence-corrected chi connectivity index (χ0v) is 16.0. The highest BCUT2D eigenvalue weighted by atomic mass is 32.1. The lowest BCUT2D eigenvalue weighted by atomic mass is 10.0. The topological polar surface area (TPSA) is 85.9 Å². The first-order chi connectivity index (χ1) is 13.6. The van der Waals surface area contributed by atoms with E-state index in [1.54, 1.807) is 24.3 Å². The fraction of sp³-hybridized carbons (Fsp3) is 0.0952. The van der Waals surface area contributed by atoms with Crippen LogP contribution < -0.4 is 20.6 Å². The summed E-state index contributed by atoms with van der Waals surface area (Å²) in [6.45, 7) is 2.27. The number of rotatable bonds is 6. The SMILES string of the molecule is CCOc1cc(/C=N\NC(N)=S)ccc1OC(=O)c1cccc2ccccc12. The van der Waals surface area contributed by atoms with E-state index in [0.29, 0.717) is 23.7 Å². The molecule has 0 spiro atoms. The largest absolute Gasteiger partial charge is 0.490 e. The molecule has 0 aliphatic rings. The molecule has 3 aromatic carbocycles. The highest BCUT2D eigenvalue weighted by molar-refractivity contribution is 7.80. The number of carbonyl (C=O) groups is 1. The number of esters is 1. The molecule has 3 N–H and O–H groups in total. The van der Waals surface area contributed by atoms with Crippen molar-refractivity contribution >= 4 is 40.3 Å². The number of nitrogens with zero attached hydrogens (tertiary/aromatic N) is 1. The first kappa shape index (κ1) is 19.3. The van der Waals surface area contributed by atoms with E-state index in [1.165, 1.54) is 6.21 Å². The number of nitrogens with two attached hydrogens (primary N) is 1. The van der Waals surface area contributed by atoms with Crippen LogP contribution in [-0.2, 0) is 0 Å². The number of hydrazone groups is 1. The standard InChI is InChI=1S/C21H19N3O3S/c1-2-26-19-12-14(13-23-24-21(22)28)10-11-18(19)27-20(25)17-9-5-7-15-6-3-4-8-16(15)17/h3-13H,2H2,1H3,(H3,22,24,28)/b23-13-. The van der Waals surface area contributed by atoms with Crippen molar-refractivity contribution in [1.82, 2.24) is 5.43 Å². The quantitative estimate of drug-likeness (QED) is 0.219. The molecule has 3 aromatic rings. The zero-order chi connectivity index (χ0) is 19.9. The fourth-order valence-corrected chi connectivity index (χ4v) is 2.74. The lowest BCUT2D eigenvalue weighted by Gasteiger charge is -2.12. The molecule has 0 aliphatic carbocycles. The van der Waals surface area contributed by atoms with Gasteiger partial charge in [-0.25, -0.2) is 4.79 Å². The molecule has 142 valence electrons. The molecule has 0 heterocycles. The third-order valence-electron chi connectivity index (χ3n) is 3.87. The minimum Gasteiger partial charge on any atom is -0.490 e. The van der Waals surface area contributed by atoms with E-state index in [1.807, 2.05) is 43.3 Å². The summed E-state index contributed by atoms with van der Waals surface area (Å²) in [6, 6.07) is 18.3. The first-order valence-corrected chi connectivity index (χ1v) is 9.04. The van der Waals surface area contributed by atoms with Crippen molar-refractivity contribution in [1.29, 1.82) is 0 Å². The van der Waals surface area contributed by atoms with Crippen molar-refractivity contribution in [3.63, 3.8) is 0 Å². The molecule has 0 amide bonds. The van der Waals surface area contributed by atoms with E-state index >= 15 is 0 Å². The summed E-state index contributed by atoms with van der Waals surface area (Å²) >= 11 is 4.70. The van der Waals surface area contributed by atoms with Gasteiger partial charge in [-0.1, -0.05) is 36.4 Å². The normalized spacial score (nSPS) is 10.8. The van der Waals surface area contributed by atoms with Gasteiger partial charge in [-0.05, 0) is 59.7 Å². The second kappa shape index (κ2) is 8.96. The van der Waals surface area contributed by atoms with E-state index in [0.717, 1.165) is 16.3 Å². The van der Waals surface area contributed by atoms with Crippen LogP contribution in [0.5, 0.6) is 11.5 Å². The molecule has 0 fully saturated rings. The van der Waals surface area contributed by atoms with Gasteiger partial charge in [0, 0.05) is 0 Å². The maximum absolute atomic E-state index is 12.8. The highest BCUT2D eigenvalue weighted by Gasteiger charge is 2.15. The molecular formula is C21H19N3O3S. The Morgan fingerprint density at radius 2 is 1.93 bits per heavy atom. The minimum absolute atomic E-state index is 0.0712. The third kappa shape index (κ3) is 4.63. The molecule has 0 radical (unpaired) electrons. The summed E-state index contributed by atoms with van der Waals surface area (Å²) in [7, 11) is 0. The Labute approximate surface area is 167 Å². The Morgan fingerprint density at radius 3 is 2.71 bits per heavy atom. The minimum atomic E-state index is -0.450. The number of hydrogen-bond donors (Lipinski definition) is 2. The maximum atomic E-state index is 12.8. The summed E-state index contributed by atoms with van der Waals surface area (Å²) in [5.74, 6) is 0.323. The van der Waals surface area contributed by atoms with Crippen molar-refractivity contribution in [3.8, 4) is 11.5 Å². The highest BCUT2D eigenvalue weighted by Crippen LogP contribution is 2.30. The van der Waals surface area contributed by atoms with Gasteiger partial charge in [-0.3, -0.25) is 5.43 Å². The number of nitrogens with one attached hydrogen (secondary N) is 1. The smallest absolute Gasteiger partial charge is 0.344 e. The number of thiocarbonyl (C=S) groups is 1. The van der Waals surface area contributed by atoms with Gasteiger partial charge >= 0.3 is 5.97 Å². The lowest BCUT2D eigenvalue weighted by Crippen LogP contribution is -2.23. The zero-order valence-electron chi connectivity index (χ0n) is 15.2. The Bertz CT molecular complexity index is 1040. The Kier molecular flexibility index (Phi) is 6.18. The lowest BCUT2D eigenvalue weighted by molar-refractivity contribution is 0.0730. The molecule has 0 saturated carbocycles. The molecule has 3 rings (SSSR count). The van der Waals surface area contributed by atoms with Gasteiger partial charge in [-0.2, -0.15) is 5.10 Å². The summed E-state index contributed by atoms with van der Waals surface area (Å²) in [5, 5.41) is 5.79. The number of carbonyl (C=O) groups excluding carboxylic acids is 1. The van der Waals surface area contributed by atoms with E-state index in [4.69, 9.17) is 27.4 Å². The van der Waals surface area contributed by atoms with E-state index in [2.05, 4.69) is 10.5 Å². The van der Waals surface area contributed by atoms with Crippen LogP contribution in [0.25, 0.3) is 10.8 Å². The van der Waals surface area contributed by atoms with Gasteiger partial charge in [-0.15, -0.1) is 0 Å². The van der Waals surface area contributed by atoms with Gasteiger partial charge in [0.1, 0.15) is 0 Å². The molecular weight excluding hydrogens is 374 g/mol. The Hall–Kier alpha value is -3.45. The van der Waals surface area contributed by atoms with Crippen molar-refractivity contribution in [2.45, 2.75) is 6.92 Å². The molecule has 7 heteroatoms. The van der Waals surface area contributed by atoms with E-state index < -0.39 is 5.97 Å². The van der Waals surface area contributed by atoms with Crippen molar-refractivity contribution in [2.24, 2.45) is 10.8 Å². The predicted octanol–water partition coefficient (Wildman–Crippen LogP) is 3.62. The van der Waals surface area contributed by atoms with Gasteiger partial charge in [0.25, 0.3) is 0 Å². The van der Waals surface area contributed by atoms with Gasteiger partial charge in [0.05, 0.1) is 18.4 Å². The van der Waals surface area contributed by atoms with Crippen molar-refractivity contribution in [3.05, 3.63) is 71.8 Å². The predicted molar refractivity (Wildman–Crippen MR) is 114 cm³/mol. The van der Waals surface area contributed by atoms with E-state index in [9.17, 15) is 4.79 Å².